The average Bonchev–Trinajstić information content (AvgIpc) is 3.38. The van der Waals surface area contributed by atoms with Crippen LogP contribution in [0.1, 0.15) is 48.0 Å². The number of primary amides is 1. The molecule has 0 spiro atoms. The number of carbonyl (C=O) groups excluding carboxylic acids is 2. The SMILES string of the molecule is N#C[C@H](Cc1ccc(-c2ccc(C(=O)N3CCCC3)cc2)cc1)N1CCCCC1C(N)=O. The first-order valence-electron chi connectivity index (χ1n) is 11.5. The standard InChI is InChI=1S/C26H30N4O2/c27-18-23(30-16-2-1-5-24(30)25(28)31)17-19-6-8-20(9-7-19)21-10-12-22(13-11-21)26(32)29-14-3-4-15-29/h6-13,23-24H,1-5,14-17H2,(H2,28,31)/t23-,24?/m0/s1. The number of likely N-dealkylation sites (tertiary alicyclic amines) is 2. The van der Waals surface area contributed by atoms with E-state index in [2.05, 4.69) is 6.07 Å². The van der Waals surface area contributed by atoms with E-state index in [1.54, 1.807) is 0 Å². The minimum absolute atomic E-state index is 0.110. The molecule has 2 aromatic rings. The quantitative estimate of drug-likeness (QED) is 0.761. The van der Waals surface area contributed by atoms with Gasteiger partial charge in [0.15, 0.2) is 0 Å². The van der Waals surface area contributed by atoms with Gasteiger partial charge in [-0.1, -0.05) is 42.8 Å². The lowest BCUT2D eigenvalue weighted by Gasteiger charge is -2.36. The predicted octanol–water partition coefficient (Wildman–Crippen LogP) is 3.36. The second kappa shape index (κ2) is 9.97. The number of hydrogen-bond acceptors (Lipinski definition) is 4. The molecular formula is C26H30N4O2. The molecule has 6 nitrogen and oxygen atoms in total. The van der Waals surface area contributed by atoms with Gasteiger partial charge in [-0.3, -0.25) is 14.5 Å². The zero-order valence-electron chi connectivity index (χ0n) is 18.4. The first kappa shape index (κ1) is 22.0. The van der Waals surface area contributed by atoms with E-state index in [0.717, 1.165) is 74.0 Å². The van der Waals surface area contributed by atoms with Gasteiger partial charge in [0.25, 0.3) is 5.91 Å². The lowest BCUT2D eigenvalue weighted by molar-refractivity contribution is -0.125. The highest BCUT2D eigenvalue weighted by molar-refractivity contribution is 5.94. The van der Waals surface area contributed by atoms with Crippen molar-refractivity contribution in [2.75, 3.05) is 19.6 Å². The minimum Gasteiger partial charge on any atom is -0.368 e. The molecule has 4 rings (SSSR count). The lowest BCUT2D eigenvalue weighted by Crippen LogP contribution is -2.52. The molecule has 0 bridgehead atoms. The summed E-state index contributed by atoms with van der Waals surface area (Å²) in [5.41, 5.74) is 9.48. The highest BCUT2D eigenvalue weighted by Crippen LogP contribution is 2.24. The number of nitrogens with two attached hydrogens (primary N) is 1. The first-order valence-corrected chi connectivity index (χ1v) is 11.5. The van der Waals surface area contributed by atoms with Crippen LogP contribution in [0, 0.1) is 11.3 Å². The Labute approximate surface area is 189 Å². The number of hydrogen-bond donors (Lipinski definition) is 1. The molecule has 2 N–H and O–H groups in total. The summed E-state index contributed by atoms with van der Waals surface area (Å²) < 4.78 is 0. The van der Waals surface area contributed by atoms with E-state index >= 15 is 0 Å². The normalized spacial score (nSPS) is 20.0. The van der Waals surface area contributed by atoms with Crippen molar-refractivity contribution in [1.82, 2.24) is 9.80 Å². The Morgan fingerprint density at radius 1 is 0.938 bits per heavy atom. The molecule has 2 atom stereocenters. The number of benzene rings is 2. The lowest BCUT2D eigenvalue weighted by atomic mass is 9.95. The topological polar surface area (TPSA) is 90.4 Å². The van der Waals surface area contributed by atoms with Gasteiger partial charge in [0.1, 0.15) is 6.04 Å². The third-order valence-corrected chi connectivity index (χ3v) is 6.66. The third kappa shape index (κ3) is 4.84. The number of amides is 2. The van der Waals surface area contributed by atoms with Crippen LogP contribution in [-0.4, -0.2) is 53.3 Å². The maximum atomic E-state index is 12.5. The van der Waals surface area contributed by atoms with Crippen molar-refractivity contribution in [3.8, 4) is 17.2 Å². The van der Waals surface area contributed by atoms with E-state index in [1.165, 1.54) is 0 Å². The van der Waals surface area contributed by atoms with Crippen molar-refractivity contribution >= 4 is 11.8 Å². The van der Waals surface area contributed by atoms with Crippen LogP contribution in [0.4, 0.5) is 0 Å². The molecule has 0 radical (unpaired) electrons. The zero-order valence-corrected chi connectivity index (χ0v) is 18.4. The van der Waals surface area contributed by atoms with Crippen LogP contribution in [0.25, 0.3) is 11.1 Å². The van der Waals surface area contributed by atoms with Crippen molar-refractivity contribution < 1.29 is 9.59 Å². The molecule has 2 amide bonds. The van der Waals surface area contributed by atoms with Gasteiger partial charge in [0, 0.05) is 31.6 Å². The van der Waals surface area contributed by atoms with Gasteiger partial charge in [0.2, 0.25) is 5.91 Å². The zero-order chi connectivity index (χ0) is 22.5. The molecule has 0 aliphatic carbocycles. The summed E-state index contributed by atoms with van der Waals surface area (Å²) in [6, 6.07) is 17.6. The molecule has 2 fully saturated rings. The molecule has 2 saturated heterocycles. The van der Waals surface area contributed by atoms with Crippen molar-refractivity contribution in [2.24, 2.45) is 5.73 Å². The number of carbonyl (C=O) groups is 2. The maximum absolute atomic E-state index is 12.5. The average molecular weight is 431 g/mol. The molecule has 166 valence electrons. The van der Waals surface area contributed by atoms with E-state index in [4.69, 9.17) is 5.73 Å². The van der Waals surface area contributed by atoms with Gasteiger partial charge < -0.3 is 10.6 Å². The summed E-state index contributed by atoms with van der Waals surface area (Å²) in [5.74, 6) is -0.231. The second-order valence-corrected chi connectivity index (χ2v) is 8.77. The van der Waals surface area contributed by atoms with Crippen LogP contribution in [0.3, 0.4) is 0 Å². The van der Waals surface area contributed by atoms with Crippen LogP contribution in [-0.2, 0) is 11.2 Å². The molecule has 2 heterocycles. The summed E-state index contributed by atoms with van der Waals surface area (Å²) >= 11 is 0. The summed E-state index contributed by atoms with van der Waals surface area (Å²) in [4.78, 5) is 28.2. The van der Waals surface area contributed by atoms with E-state index in [9.17, 15) is 14.9 Å². The Morgan fingerprint density at radius 2 is 1.53 bits per heavy atom. The summed E-state index contributed by atoms with van der Waals surface area (Å²) in [7, 11) is 0. The highest BCUT2D eigenvalue weighted by atomic mass is 16.2. The first-order chi connectivity index (χ1) is 15.6. The van der Waals surface area contributed by atoms with Gasteiger partial charge in [-0.25, -0.2) is 0 Å². The van der Waals surface area contributed by atoms with Gasteiger partial charge >= 0.3 is 0 Å². The van der Waals surface area contributed by atoms with E-state index in [0.29, 0.717) is 6.42 Å². The van der Waals surface area contributed by atoms with Crippen LogP contribution in [0.5, 0.6) is 0 Å². The van der Waals surface area contributed by atoms with Crippen LogP contribution in [0.2, 0.25) is 0 Å². The maximum Gasteiger partial charge on any atom is 0.253 e. The van der Waals surface area contributed by atoms with E-state index in [-0.39, 0.29) is 23.9 Å². The van der Waals surface area contributed by atoms with E-state index in [1.807, 2.05) is 58.3 Å². The molecule has 1 unspecified atom stereocenters. The molecule has 32 heavy (non-hydrogen) atoms. The third-order valence-electron chi connectivity index (χ3n) is 6.66. The van der Waals surface area contributed by atoms with Crippen LogP contribution in [0.15, 0.2) is 48.5 Å². The fraction of sp³-hybridized carbons (Fsp3) is 0.423. The van der Waals surface area contributed by atoms with Gasteiger partial charge in [-0.2, -0.15) is 5.26 Å². The van der Waals surface area contributed by atoms with Crippen LogP contribution < -0.4 is 5.73 Å². The molecule has 0 aromatic heterocycles. The van der Waals surface area contributed by atoms with Gasteiger partial charge in [-0.15, -0.1) is 0 Å². The number of nitriles is 1. The Morgan fingerprint density at radius 3 is 2.12 bits per heavy atom. The van der Waals surface area contributed by atoms with Gasteiger partial charge in [-0.05, 0) is 54.5 Å². The Hall–Kier alpha value is -3.17. The smallest absolute Gasteiger partial charge is 0.253 e. The fourth-order valence-electron chi connectivity index (χ4n) is 4.83. The minimum atomic E-state index is -0.366. The summed E-state index contributed by atoms with van der Waals surface area (Å²) in [6.45, 7) is 2.43. The fourth-order valence-corrected chi connectivity index (χ4v) is 4.83. The second-order valence-electron chi connectivity index (χ2n) is 8.77. The molecule has 2 aliphatic heterocycles. The Balaban J connectivity index is 1.43. The highest BCUT2D eigenvalue weighted by Gasteiger charge is 2.32. The van der Waals surface area contributed by atoms with E-state index < -0.39 is 0 Å². The van der Waals surface area contributed by atoms with Crippen molar-refractivity contribution in [1.29, 1.82) is 5.26 Å². The van der Waals surface area contributed by atoms with Gasteiger partial charge in [0.05, 0.1) is 12.1 Å². The molecular weight excluding hydrogens is 400 g/mol. The largest absolute Gasteiger partial charge is 0.368 e. The number of nitrogens with zero attached hydrogens (tertiary/aromatic N) is 3. The Kier molecular flexibility index (Phi) is 6.87. The predicted molar refractivity (Wildman–Crippen MR) is 124 cm³/mol. The molecule has 0 saturated carbocycles. The van der Waals surface area contributed by atoms with Crippen molar-refractivity contribution in [3.05, 3.63) is 59.7 Å². The van der Waals surface area contributed by atoms with Crippen molar-refractivity contribution in [2.45, 2.75) is 50.6 Å². The summed E-state index contributed by atoms with van der Waals surface area (Å²) in [6.07, 6.45) is 5.41. The molecule has 2 aliphatic rings. The summed E-state index contributed by atoms with van der Waals surface area (Å²) in [5, 5.41) is 9.75. The molecule has 2 aromatic carbocycles. The number of rotatable bonds is 6. The Bertz CT molecular complexity index is 988. The van der Waals surface area contributed by atoms with Crippen LogP contribution >= 0.6 is 0 Å². The molecule has 6 heteroatoms. The van der Waals surface area contributed by atoms with Crippen molar-refractivity contribution in [3.63, 3.8) is 0 Å². The number of piperidine rings is 1. The monoisotopic (exact) mass is 430 g/mol.